The summed E-state index contributed by atoms with van der Waals surface area (Å²) >= 11 is 5.68. The van der Waals surface area contributed by atoms with Crippen molar-refractivity contribution in [1.29, 1.82) is 0 Å². The first-order valence-corrected chi connectivity index (χ1v) is 8.45. The minimum absolute atomic E-state index is 0.00135. The first-order valence-electron chi connectivity index (χ1n) is 6.58. The molecular weight excluding hydrogens is 302 g/mol. The molecule has 1 aromatic rings. The molecule has 0 amide bonds. The van der Waals surface area contributed by atoms with Crippen LogP contribution in [-0.4, -0.2) is 44.0 Å². The van der Waals surface area contributed by atoms with Gasteiger partial charge in [-0.05, 0) is 37.9 Å². The molecule has 4 rings (SSSR count). The Hall–Kier alpha value is -0.890. The number of pyridine rings is 1. The number of hydrogen-bond acceptors (Lipinski definition) is 4. The maximum atomic E-state index is 12.3. The van der Waals surface area contributed by atoms with Gasteiger partial charge >= 0.3 is 0 Å². The van der Waals surface area contributed by atoms with Gasteiger partial charge < -0.3 is 9.88 Å². The molecule has 0 spiro atoms. The van der Waals surface area contributed by atoms with E-state index in [1.165, 1.54) is 12.3 Å². The highest BCUT2D eigenvalue weighted by molar-refractivity contribution is 7.89. The van der Waals surface area contributed by atoms with Crippen LogP contribution in [0, 0.1) is 5.92 Å². The van der Waals surface area contributed by atoms with Crippen LogP contribution in [0.1, 0.15) is 12.8 Å². The van der Waals surface area contributed by atoms with E-state index in [0.717, 1.165) is 32.5 Å². The second kappa shape index (κ2) is 5.14. The Bertz CT molecular complexity index is 665. The number of H-pyrrole nitrogens is 1. The number of halogens is 1. The number of piperidine rings is 3. The standard InChI is InChI=1S/C12H16ClN3O3S/c13-10-5-9(6-14-12(10)17)20(18,19)15-11-7-16-3-1-8(11)2-4-16/h5-6,8,11,15H,1-4,7H2,(H,14,17). The third-order valence-corrected chi connectivity index (χ3v) is 5.85. The van der Waals surface area contributed by atoms with Gasteiger partial charge in [-0.15, -0.1) is 0 Å². The van der Waals surface area contributed by atoms with E-state index in [1.807, 2.05) is 0 Å². The number of nitrogens with zero attached hydrogens (tertiary/aromatic N) is 1. The highest BCUT2D eigenvalue weighted by Crippen LogP contribution is 2.28. The number of fused-ring (bicyclic) bond motifs is 3. The topological polar surface area (TPSA) is 82.3 Å². The molecule has 0 radical (unpaired) electrons. The van der Waals surface area contributed by atoms with Crippen LogP contribution in [0.2, 0.25) is 5.02 Å². The monoisotopic (exact) mass is 317 g/mol. The molecule has 0 aliphatic carbocycles. The molecule has 3 aliphatic rings. The molecule has 0 aromatic carbocycles. The second-order valence-electron chi connectivity index (χ2n) is 5.38. The lowest BCUT2D eigenvalue weighted by molar-refractivity contribution is 0.0827. The van der Waals surface area contributed by atoms with Crippen molar-refractivity contribution in [3.05, 3.63) is 27.6 Å². The van der Waals surface area contributed by atoms with Crippen molar-refractivity contribution < 1.29 is 8.42 Å². The van der Waals surface area contributed by atoms with Crippen LogP contribution in [0.3, 0.4) is 0 Å². The maximum absolute atomic E-state index is 12.3. The Labute approximate surface area is 122 Å². The molecule has 110 valence electrons. The summed E-state index contributed by atoms with van der Waals surface area (Å²) in [7, 11) is -3.65. The van der Waals surface area contributed by atoms with Crippen molar-refractivity contribution in [1.82, 2.24) is 14.6 Å². The number of aromatic amines is 1. The lowest BCUT2D eigenvalue weighted by atomic mass is 9.85. The van der Waals surface area contributed by atoms with Gasteiger partial charge in [0.25, 0.3) is 5.56 Å². The summed E-state index contributed by atoms with van der Waals surface area (Å²) in [5.74, 6) is 0.396. The third kappa shape index (κ3) is 2.63. The van der Waals surface area contributed by atoms with Gasteiger partial charge in [0.1, 0.15) is 5.02 Å². The summed E-state index contributed by atoms with van der Waals surface area (Å²) in [5, 5.41) is -0.123. The van der Waals surface area contributed by atoms with Crippen LogP contribution in [0.15, 0.2) is 22.0 Å². The molecule has 6 nitrogen and oxygen atoms in total. The van der Waals surface area contributed by atoms with Gasteiger partial charge in [-0.1, -0.05) is 11.6 Å². The third-order valence-electron chi connectivity index (χ3n) is 4.10. The predicted molar refractivity (Wildman–Crippen MR) is 75.3 cm³/mol. The summed E-state index contributed by atoms with van der Waals surface area (Å²) in [6, 6.07) is 1.12. The van der Waals surface area contributed by atoms with Crippen LogP contribution >= 0.6 is 11.6 Å². The first kappa shape index (κ1) is 14.1. The van der Waals surface area contributed by atoms with Crippen LogP contribution in [-0.2, 0) is 10.0 Å². The quantitative estimate of drug-likeness (QED) is 0.845. The Morgan fingerprint density at radius 3 is 2.60 bits per heavy atom. The molecule has 1 unspecified atom stereocenters. The Balaban J connectivity index is 1.82. The minimum Gasteiger partial charge on any atom is -0.326 e. The van der Waals surface area contributed by atoms with E-state index in [4.69, 9.17) is 11.6 Å². The fourth-order valence-electron chi connectivity index (χ4n) is 2.96. The molecule has 1 aromatic heterocycles. The molecule has 2 N–H and O–H groups in total. The Kier molecular flexibility index (Phi) is 3.62. The van der Waals surface area contributed by atoms with E-state index in [-0.39, 0.29) is 16.0 Å². The zero-order chi connectivity index (χ0) is 14.3. The van der Waals surface area contributed by atoms with E-state index in [1.54, 1.807) is 0 Å². The summed E-state index contributed by atoms with van der Waals surface area (Å²) < 4.78 is 27.4. The molecular formula is C12H16ClN3O3S. The lowest BCUT2D eigenvalue weighted by Gasteiger charge is -2.44. The zero-order valence-electron chi connectivity index (χ0n) is 10.8. The van der Waals surface area contributed by atoms with E-state index in [2.05, 4.69) is 14.6 Å². The van der Waals surface area contributed by atoms with Crippen LogP contribution < -0.4 is 10.3 Å². The maximum Gasteiger partial charge on any atom is 0.266 e. The average Bonchev–Trinajstić information content (AvgIpc) is 2.42. The number of rotatable bonds is 3. The molecule has 0 saturated carbocycles. The highest BCUT2D eigenvalue weighted by atomic mass is 35.5. The SMILES string of the molecule is O=c1[nH]cc(S(=O)(=O)NC2CN3CCC2CC3)cc1Cl. The minimum atomic E-state index is -3.65. The van der Waals surface area contributed by atoms with Crippen LogP contribution in [0.4, 0.5) is 0 Å². The molecule has 2 bridgehead atoms. The molecule has 4 heterocycles. The van der Waals surface area contributed by atoms with E-state index >= 15 is 0 Å². The first-order chi connectivity index (χ1) is 9.45. The van der Waals surface area contributed by atoms with Crippen molar-refractivity contribution in [3.63, 3.8) is 0 Å². The van der Waals surface area contributed by atoms with Gasteiger partial charge in [0.15, 0.2) is 0 Å². The number of hydrogen-bond donors (Lipinski definition) is 2. The smallest absolute Gasteiger partial charge is 0.266 e. The second-order valence-corrected chi connectivity index (χ2v) is 7.50. The van der Waals surface area contributed by atoms with Crippen molar-refractivity contribution in [2.45, 2.75) is 23.8 Å². The molecule has 3 aliphatic heterocycles. The summed E-state index contributed by atoms with van der Waals surface area (Å²) in [6.07, 6.45) is 3.23. The summed E-state index contributed by atoms with van der Waals surface area (Å²) in [6.45, 7) is 2.85. The molecule has 1 atom stereocenters. The van der Waals surface area contributed by atoms with Gasteiger partial charge in [-0.3, -0.25) is 4.79 Å². The Morgan fingerprint density at radius 2 is 2.05 bits per heavy atom. The predicted octanol–water partition coefficient (Wildman–Crippen LogP) is 0.401. The van der Waals surface area contributed by atoms with Crippen molar-refractivity contribution >= 4 is 21.6 Å². The van der Waals surface area contributed by atoms with Crippen molar-refractivity contribution in [2.24, 2.45) is 5.92 Å². The molecule has 3 fully saturated rings. The number of nitrogens with one attached hydrogen (secondary N) is 2. The van der Waals surface area contributed by atoms with Gasteiger partial charge in [0, 0.05) is 18.8 Å². The molecule has 20 heavy (non-hydrogen) atoms. The Morgan fingerprint density at radius 1 is 1.35 bits per heavy atom. The van der Waals surface area contributed by atoms with Gasteiger partial charge in [0.2, 0.25) is 10.0 Å². The van der Waals surface area contributed by atoms with Crippen LogP contribution in [0.25, 0.3) is 0 Å². The van der Waals surface area contributed by atoms with Gasteiger partial charge in [0.05, 0.1) is 4.90 Å². The van der Waals surface area contributed by atoms with Crippen molar-refractivity contribution in [3.8, 4) is 0 Å². The fourth-order valence-corrected chi connectivity index (χ4v) is 4.48. The van der Waals surface area contributed by atoms with Crippen molar-refractivity contribution in [2.75, 3.05) is 19.6 Å². The fraction of sp³-hybridized carbons (Fsp3) is 0.583. The van der Waals surface area contributed by atoms with Gasteiger partial charge in [-0.2, -0.15) is 0 Å². The molecule has 8 heteroatoms. The highest BCUT2D eigenvalue weighted by Gasteiger charge is 2.36. The van der Waals surface area contributed by atoms with Crippen LogP contribution in [0.5, 0.6) is 0 Å². The normalized spacial score (nSPS) is 29.6. The van der Waals surface area contributed by atoms with E-state index in [9.17, 15) is 13.2 Å². The van der Waals surface area contributed by atoms with Gasteiger partial charge in [-0.25, -0.2) is 13.1 Å². The zero-order valence-corrected chi connectivity index (χ0v) is 12.4. The van der Waals surface area contributed by atoms with E-state index in [0.29, 0.717) is 5.92 Å². The number of sulfonamides is 1. The average molecular weight is 318 g/mol. The largest absolute Gasteiger partial charge is 0.326 e. The summed E-state index contributed by atoms with van der Waals surface area (Å²) in [5.41, 5.74) is -0.492. The lowest BCUT2D eigenvalue weighted by Crippen LogP contribution is -2.57. The van der Waals surface area contributed by atoms with E-state index < -0.39 is 15.6 Å². The summed E-state index contributed by atoms with van der Waals surface area (Å²) in [4.78, 5) is 15.8. The number of aromatic nitrogens is 1. The molecule has 3 saturated heterocycles.